The highest BCUT2D eigenvalue weighted by molar-refractivity contribution is 5.99. The van der Waals surface area contributed by atoms with E-state index in [1.807, 2.05) is 0 Å². The number of benzene rings is 2. The number of nitrogens with zero attached hydrogens (tertiary/aromatic N) is 2. The molecular weight excluding hydrogens is 420 g/mol. The summed E-state index contributed by atoms with van der Waals surface area (Å²) in [6.45, 7) is 0. The largest absolute Gasteiger partial charge is 0.508 e. The summed E-state index contributed by atoms with van der Waals surface area (Å²) in [7, 11) is 1.29. The monoisotopic (exact) mass is 444 g/mol. The van der Waals surface area contributed by atoms with Crippen LogP contribution in [0, 0.1) is 0 Å². The first-order valence-electron chi connectivity index (χ1n) is 11.0. The Bertz CT molecular complexity index is 1380. The molecule has 0 radical (unpaired) electrons. The van der Waals surface area contributed by atoms with E-state index in [4.69, 9.17) is 14.7 Å². The molecule has 0 saturated heterocycles. The number of H-pyrrole nitrogens is 1. The van der Waals surface area contributed by atoms with Gasteiger partial charge in [0.2, 0.25) is 0 Å². The van der Waals surface area contributed by atoms with Crippen LogP contribution in [0.4, 0.5) is 0 Å². The third-order valence-corrected chi connectivity index (χ3v) is 6.12. The summed E-state index contributed by atoms with van der Waals surface area (Å²) in [6, 6.07) is 9.28. The van der Waals surface area contributed by atoms with Crippen molar-refractivity contribution in [3.05, 3.63) is 65.1 Å². The van der Waals surface area contributed by atoms with Crippen molar-refractivity contribution in [2.45, 2.75) is 38.1 Å². The molecule has 0 fully saturated rings. The Morgan fingerprint density at radius 3 is 2.61 bits per heavy atom. The molecule has 8 heteroatoms. The summed E-state index contributed by atoms with van der Waals surface area (Å²) >= 11 is 0. The highest BCUT2D eigenvalue weighted by Gasteiger charge is 2.24. The molecule has 0 bridgehead atoms. The Kier molecular flexibility index (Phi) is 5.42. The van der Waals surface area contributed by atoms with E-state index in [-0.39, 0.29) is 12.2 Å². The summed E-state index contributed by atoms with van der Waals surface area (Å²) in [5.41, 5.74) is 5.49. The van der Waals surface area contributed by atoms with E-state index >= 15 is 0 Å². The van der Waals surface area contributed by atoms with Gasteiger partial charge >= 0.3 is 5.97 Å². The molecule has 4 aromatic rings. The minimum atomic E-state index is -0.894. The molecule has 1 atom stereocenters. The van der Waals surface area contributed by atoms with Crippen LogP contribution in [0.2, 0.25) is 0 Å². The number of aromatic hydroxyl groups is 1. The number of phenols is 1. The quantitative estimate of drug-likeness (QED) is 0.407. The molecule has 0 saturated carbocycles. The molecule has 33 heavy (non-hydrogen) atoms. The lowest BCUT2D eigenvalue weighted by Crippen LogP contribution is -2.43. The van der Waals surface area contributed by atoms with Crippen LogP contribution >= 0.6 is 0 Å². The van der Waals surface area contributed by atoms with E-state index in [1.54, 1.807) is 42.6 Å². The molecule has 0 aliphatic heterocycles. The highest BCUT2D eigenvalue weighted by atomic mass is 16.5. The number of phenolic OH excluding ortho intramolecular Hbond substituents is 1. The van der Waals surface area contributed by atoms with Gasteiger partial charge in [-0.3, -0.25) is 4.79 Å². The molecule has 2 aromatic heterocycles. The number of esters is 1. The van der Waals surface area contributed by atoms with Gasteiger partial charge in [-0.2, -0.15) is 0 Å². The molecule has 1 amide bonds. The third kappa shape index (κ3) is 4.11. The smallest absolute Gasteiger partial charge is 0.328 e. The number of ether oxygens (including phenoxy) is 1. The van der Waals surface area contributed by atoms with Crippen molar-refractivity contribution in [3.8, 4) is 5.75 Å². The molecule has 3 N–H and O–H groups in total. The fourth-order valence-electron chi connectivity index (χ4n) is 4.39. The number of amides is 1. The molecule has 8 nitrogen and oxygen atoms in total. The van der Waals surface area contributed by atoms with Crippen molar-refractivity contribution in [2.24, 2.45) is 0 Å². The number of nitrogens with one attached hydrogen (secondary N) is 2. The van der Waals surface area contributed by atoms with Crippen LogP contribution in [-0.2, 0) is 28.8 Å². The first-order chi connectivity index (χ1) is 16.0. The number of methoxy groups -OCH3 is 1. The molecule has 168 valence electrons. The maximum atomic E-state index is 13.0. The lowest BCUT2D eigenvalue weighted by atomic mass is 10.00. The number of hydrogen-bond acceptors (Lipinski definition) is 6. The minimum Gasteiger partial charge on any atom is -0.508 e. The second-order valence-corrected chi connectivity index (χ2v) is 8.32. The number of aromatic amines is 1. The summed E-state index contributed by atoms with van der Waals surface area (Å²) in [6.07, 6.45) is 6.04. The standard InChI is InChI=1S/C25H24N4O4/c1-33-25(32)23(11-15-13-26-18-9-7-16(30)12-17(15)18)29-24(31)14-6-8-21-22(10-14)28-20-5-3-2-4-19(20)27-21/h6-10,12-13,23,26,30H,2-5,11H2,1H3,(H,29,31)/t23-/m0/s1. The number of carbonyl (C=O) groups is 2. The third-order valence-electron chi connectivity index (χ3n) is 6.12. The number of carbonyl (C=O) groups excluding carboxylic acids is 2. The molecule has 1 aliphatic rings. The van der Waals surface area contributed by atoms with Gasteiger partial charge in [0.1, 0.15) is 11.8 Å². The van der Waals surface area contributed by atoms with Crippen molar-refractivity contribution < 1.29 is 19.4 Å². The molecule has 5 rings (SSSR count). The predicted molar refractivity (Wildman–Crippen MR) is 123 cm³/mol. The van der Waals surface area contributed by atoms with Crippen molar-refractivity contribution in [2.75, 3.05) is 7.11 Å². The fourth-order valence-corrected chi connectivity index (χ4v) is 4.39. The highest BCUT2D eigenvalue weighted by Crippen LogP contribution is 2.25. The van der Waals surface area contributed by atoms with Gasteiger partial charge in [-0.15, -0.1) is 0 Å². The van der Waals surface area contributed by atoms with Crippen LogP contribution in [-0.4, -0.2) is 45.1 Å². The van der Waals surface area contributed by atoms with Gasteiger partial charge in [0, 0.05) is 29.1 Å². The lowest BCUT2D eigenvalue weighted by Gasteiger charge is -2.17. The Balaban J connectivity index is 1.40. The van der Waals surface area contributed by atoms with Crippen LogP contribution in [0.1, 0.15) is 40.2 Å². The summed E-state index contributed by atoms with van der Waals surface area (Å²) in [4.78, 5) is 38.1. The molecule has 0 spiro atoms. The van der Waals surface area contributed by atoms with E-state index in [9.17, 15) is 14.7 Å². The molecular formula is C25H24N4O4. The zero-order chi connectivity index (χ0) is 22.9. The predicted octanol–water partition coefficient (Wildman–Crippen LogP) is 3.21. The lowest BCUT2D eigenvalue weighted by molar-refractivity contribution is -0.142. The van der Waals surface area contributed by atoms with Crippen LogP contribution in [0.25, 0.3) is 21.9 Å². The Morgan fingerprint density at radius 1 is 1.09 bits per heavy atom. The van der Waals surface area contributed by atoms with Crippen LogP contribution in [0.15, 0.2) is 42.6 Å². The van der Waals surface area contributed by atoms with Crippen molar-refractivity contribution in [1.82, 2.24) is 20.3 Å². The van der Waals surface area contributed by atoms with E-state index in [0.717, 1.165) is 59.1 Å². The second kappa shape index (κ2) is 8.54. The van der Waals surface area contributed by atoms with E-state index in [0.29, 0.717) is 11.1 Å². The van der Waals surface area contributed by atoms with Gasteiger partial charge in [-0.25, -0.2) is 14.8 Å². The average molecular weight is 444 g/mol. The van der Waals surface area contributed by atoms with Gasteiger partial charge in [0.15, 0.2) is 0 Å². The normalized spacial score (nSPS) is 14.1. The SMILES string of the molecule is COC(=O)[C@H](Cc1c[nH]c2ccc(O)cc12)NC(=O)c1ccc2nc3c(nc2c1)CCCC3. The molecule has 1 aliphatic carbocycles. The zero-order valence-electron chi connectivity index (χ0n) is 18.2. The number of rotatable bonds is 5. The first kappa shape index (κ1) is 20.9. The summed E-state index contributed by atoms with van der Waals surface area (Å²) in [5, 5.41) is 13.4. The Labute approximate surface area is 190 Å². The van der Waals surface area contributed by atoms with Crippen LogP contribution in [0.3, 0.4) is 0 Å². The average Bonchev–Trinajstić information content (AvgIpc) is 3.23. The molecule has 2 aromatic carbocycles. The first-order valence-corrected chi connectivity index (χ1v) is 11.0. The van der Waals surface area contributed by atoms with E-state index in [1.165, 1.54) is 7.11 Å². The number of hydrogen-bond donors (Lipinski definition) is 3. The minimum absolute atomic E-state index is 0.126. The van der Waals surface area contributed by atoms with Gasteiger partial charge in [-0.05, 0) is 67.6 Å². The van der Waals surface area contributed by atoms with Crippen molar-refractivity contribution in [3.63, 3.8) is 0 Å². The molecule has 0 unspecified atom stereocenters. The van der Waals surface area contributed by atoms with E-state index < -0.39 is 17.9 Å². The van der Waals surface area contributed by atoms with Crippen molar-refractivity contribution in [1.29, 1.82) is 0 Å². The van der Waals surface area contributed by atoms with Gasteiger partial charge in [-0.1, -0.05) is 0 Å². The fraction of sp³-hybridized carbons (Fsp3) is 0.280. The summed E-state index contributed by atoms with van der Waals surface area (Å²) in [5.74, 6) is -0.816. The van der Waals surface area contributed by atoms with Gasteiger partial charge in [0.05, 0.1) is 29.5 Å². The van der Waals surface area contributed by atoms with E-state index in [2.05, 4.69) is 10.3 Å². The topological polar surface area (TPSA) is 117 Å². The van der Waals surface area contributed by atoms with Gasteiger partial charge < -0.3 is 20.1 Å². The molecule has 2 heterocycles. The summed E-state index contributed by atoms with van der Waals surface area (Å²) < 4.78 is 4.93. The Morgan fingerprint density at radius 2 is 1.85 bits per heavy atom. The number of fused-ring (bicyclic) bond motifs is 3. The number of aromatic nitrogens is 3. The second-order valence-electron chi connectivity index (χ2n) is 8.32. The van der Waals surface area contributed by atoms with Crippen LogP contribution in [0.5, 0.6) is 5.75 Å². The maximum Gasteiger partial charge on any atom is 0.328 e. The zero-order valence-corrected chi connectivity index (χ0v) is 18.2. The Hall–Kier alpha value is -3.94. The maximum absolute atomic E-state index is 13.0. The number of aryl methyl sites for hydroxylation is 2. The van der Waals surface area contributed by atoms with Gasteiger partial charge in [0.25, 0.3) is 5.91 Å². The van der Waals surface area contributed by atoms with Crippen LogP contribution < -0.4 is 5.32 Å². The van der Waals surface area contributed by atoms with Crippen molar-refractivity contribution >= 4 is 33.8 Å².